The van der Waals surface area contributed by atoms with Crippen LogP contribution < -0.4 is 10.6 Å². The number of carbonyl (C=O) groups excluding carboxylic acids is 4. The number of urea groups is 1. The Kier molecular flexibility index (Phi) is 21.5. The summed E-state index contributed by atoms with van der Waals surface area (Å²) in [6.07, 6.45) is -3.44. The van der Waals surface area contributed by atoms with Gasteiger partial charge in [0, 0.05) is 37.5 Å². The standard InChI is InChI=1S/C22H34N5O12S.O.Tc/c1-10(9-40)24-19(34)15(8-17(31)32)25-18(33)12(23)4-2-11(28)3-5-13(20(35)36)26-22(39)27-14(21(37)38)6-7-16(29)30;;/h10,12-15,23H,2-9H2,1H3,(H9,24,25,26,27,29,30,31,32,33,34,35,36,37,38,39,40);;/q-1;;+4/p-3/t10-,12+,13+,14+,15+;;/m1../s1/i;;1+1. The predicted octanol–water partition coefficient (Wildman–Crippen LogP) is 0.0651. The van der Waals surface area contributed by atoms with Crippen LogP contribution in [0.1, 0.15) is 51.9 Å². The molecule has 0 fully saturated rings. The molecule has 0 saturated heterocycles. The van der Waals surface area contributed by atoms with Gasteiger partial charge in [-0.25, -0.2) is 14.4 Å². The summed E-state index contributed by atoms with van der Waals surface area (Å²) in [6, 6.07) is -8.33. The van der Waals surface area contributed by atoms with E-state index in [0.29, 0.717) is 0 Å². The Hall–Kier alpha value is -3.48. The third-order valence-corrected chi connectivity index (χ3v) is 5.58. The number of rotatable bonds is 20. The predicted molar refractivity (Wildman–Crippen MR) is 138 cm³/mol. The van der Waals surface area contributed by atoms with Crippen LogP contribution in [0.2, 0.25) is 0 Å². The number of hydrogen-bond acceptors (Lipinski definition) is 10. The summed E-state index contributed by atoms with van der Waals surface area (Å²) >= 11 is 5.65. The van der Waals surface area contributed by atoms with Gasteiger partial charge in [0.2, 0.25) is 0 Å². The van der Waals surface area contributed by atoms with Crippen LogP contribution in [0.3, 0.4) is 0 Å². The minimum absolute atomic E-state index is 0.0707. The first-order chi connectivity index (χ1) is 19.6. The number of Topliss-reactive ketones (excluding diaryl/α,β-unsaturated/α-hetero) is 1. The zero-order valence-electron chi connectivity index (χ0n) is 22.2. The van der Waals surface area contributed by atoms with E-state index in [0.717, 1.165) is 18.9 Å². The number of carbonyl (C=O) groups is 8. The molecule has 7 N–H and O–H groups in total. The maximum absolute atomic E-state index is 12.2. The first-order valence-electron chi connectivity index (χ1n) is 12.0. The Morgan fingerprint density at radius 3 is 1.67 bits per heavy atom. The van der Waals surface area contributed by atoms with Crippen molar-refractivity contribution in [2.75, 3.05) is 5.75 Å². The van der Waals surface area contributed by atoms with Gasteiger partial charge < -0.3 is 69.6 Å². The summed E-state index contributed by atoms with van der Waals surface area (Å²) in [5.74, 6) is -8.46. The normalized spacial score (nSPS) is 13.8. The number of ketones is 1. The molecule has 0 aromatic heterocycles. The average molecular weight is 704 g/mol. The number of carboxylic acids is 4. The second kappa shape index (κ2) is 22.2. The minimum atomic E-state index is -1.66. The van der Waals surface area contributed by atoms with Crippen LogP contribution in [0.15, 0.2) is 0 Å². The van der Waals surface area contributed by atoms with Gasteiger partial charge >= 0.3 is 52.3 Å². The fourth-order valence-corrected chi connectivity index (χ4v) is 3.01. The number of carboxylic acid groups (broad SMARTS) is 4. The van der Waals surface area contributed by atoms with Gasteiger partial charge in [-0.2, -0.15) is 5.75 Å². The Balaban J connectivity index is 0. The second-order valence-electron chi connectivity index (χ2n) is 8.56. The molecule has 0 heterocycles. The van der Waals surface area contributed by atoms with Crippen molar-refractivity contribution < 1.29 is 81.1 Å². The topological polar surface area (TPSA) is 311 Å². The van der Waals surface area contributed by atoms with E-state index in [2.05, 4.69) is 10.6 Å². The molecule has 0 rings (SSSR count). The molecule has 18 nitrogen and oxygen atoms in total. The Labute approximate surface area is 255 Å². The van der Waals surface area contributed by atoms with Crippen LogP contribution in [0.5, 0.6) is 0 Å². The first-order valence-corrected chi connectivity index (χ1v) is 13.3. The molecule has 0 spiro atoms. The van der Waals surface area contributed by atoms with Crippen LogP contribution in [-0.2, 0) is 68.6 Å². The van der Waals surface area contributed by atoms with Crippen molar-refractivity contribution in [2.24, 2.45) is 0 Å². The molecule has 235 valence electrons. The molecule has 0 aliphatic rings. The fraction of sp³-hybridized carbons (Fsp3) is 0.636. The molecule has 0 radical (unpaired) electrons. The molecule has 0 aromatic carbocycles. The summed E-state index contributed by atoms with van der Waals surface area (Å²) in [6.45, 7) is 1.51. The van der Waals surface area contributed by atoms with Gasteiger partial charge in [0.05, 0.1) is 0 Å². The molecular formula is C22H31N5O13STc. The number of nitrogens with one attached hydrogen (secondary N) is 3. The second-order valence-corrected chi connectivity index (χ2v) is 8.90. The molecule has 0 bridgehead atoms. The van der Waals surface area contributed by atoms with E-state index < -0.39 is 110 Å². The maximum atomic E-state index is 12.2. The van der Waals surface area contributed by atoms with Crippen molar-refractivity contribution in [1.29, 1.82) is 0 Å². The van der Waals surface area contributed by atoms with Gasteiger partial charge in [-0.3, -0.25) is 14.4 Å². The van der Waals surface area contributed by atoms with E-state index in [1.54, 1.807) is 0 Å². The van der Waals surface area contributed by atoms with Gasteiger partial charge in [0.15, 0.2) is 0 Å². The Morgan fingerprint density at radius 2 is 1.24 bits per heavy atom. The van der Waals surface area contributed by atoms with Gasteiger partial charge in [-0.15, -0.1) is 6.04 Å². The average Bonchev–Trinajstić information content (AvgIpc) is 2.91. The fourth-order valence-electron chi connectivity index (χ4n) is 2.94. The molecule has 0 aliphatic heterocycles. The van der Waals surface area contributed by atoms with Gasteiger partial charge in [0.25, 0.3) is 0 Å². The van der Waals surface area contributed by atoms with Crippen LogP contribution in [0.25, 0.3) is 16.4 Å². The Bertz CT molecular complexity index is 986. The molecule has 0 aromatic rings. The summed E-state index contributed by atoms with van der Waals surface area (Å²) < 4.78 is 8.22. The zero-order valence-corrected chi connectivity index (χ0v) is 24.9. The zero-order chi connectivity index (χ0) is 33.0. The third-order valence-electron chi connectivity index (χ3n) is 5.10. The summed E-state index contributed by atoms with van der Waals surface area (Å²) in [5, 5.41) is 47.0. The van der Waals surface area contributed by atoms with E-state index in [1.807, 2.05) is 10.6 Å². The van der Waals surface area contributed by atoms with E-state index in [9.17, 15) is 43.5 Å². The molecule has 20 heteroatoms. The number of hydrogen-bond donors (Lipinski definition) is 6. The molecule has 0 aliphatic carbocycles. The van der Waals surface area contributed by atoms with E-state index in [1.165, 1.54) is 6.92 Å². The summed E-state index contributed by atoms with van der Waals surface area (Å²) in [5.41, 5.74) is 7.86. The SMILES string of the molecule is C[C@H](C[S-])[N-]C(=O)[C@H](CC(=O)O)[N-]C(=O)[C@@H]([NH-])CCC(=O)CC[C@H](NC(=O)N[C@@H](CCC(=O)O)C(=O)O)C(=O)O.[O]=[99Tc+4]. The van der Waals surface area contributed by atoms with Crippen molar-refractivity contribution in [3.8, 4) is 0 Å². The monoisotopic (exact) mass is 704 g/mol. The van der Waals surface area contributed by atoms with Crippen LogP contribution in [0, 0.1) is 0 Å². The van der Waals surface area contributed by atoms with Crippen molar-refractivity contribution >= 4 is 60.1 Å². The summed E-state index contributed by atoms with van der Waals surface area (Å²) in [4.78, 5) is 92.8. The molecule has 5 atom stereocenters. The van der Waals surface area contributed by atoms with Gasteiger partial charge in [0.1, 0.15) is 17.9 Å². The van der Waals surface area contributed by atoms with Gasteiger partial charge in [-0.1, -0.05) is 25.4 Å². The van der Waals surface area contributed by atoms with E-state index in [4.69, 9.17) is 37.2 Å². The molecule has 42 heavy (non-hydrogen) atoms. The van der Waals surface area contributed by atoms with Crippen molar-refractivity contribution in [1.82, 2.24) is 10.6 Å². The first kappa shape index (κ1) is 40.7. The van der Waals surface area contributed by atoms with Crippen molar-refractivity contribution in [2.45, 2.75) is 82.1 Å². The van der Waals surface area contributed by atoms with E-state index >= 15 is 0 Å². The molecule has 0 saturated carbocycles. The number of amides is 4. The van der Waals surface area contributed by atoms with Crippen molar-refractivity contribution in [3.63, 3.8) is 0 Å². The molecule has 4 amide bonds. The number of aliphatic carboxylic acids is 4. The third kappa shape index (κ3) is 18.8. The van der Waals surface area contributed by atoms with Crippen molar-refractivity contribution in [3.05, 3.63) is 16.4 Å². The summed E-state index contributed by atoms with van der Waals surface area (Å²) in [7, 11) is 0. The molecular weight excluding hydrogens is 673 g/mol. The van der Waals surface area contributed by atoms with Crippen LogP contribution >= 0.6 is 0 Å². The Morgan fingerprint density at radius 1 is 0.762 bits per heavy atom. The van der Waals surface area contributed by atoms with E-state index in [-0.39, 0.29) is 18.6 Å². The quantitative estimate of drug-likeness (QED) is 0.0914. The number of nitrogens with zero attached hydrogens (tertiary/aromatic N) is 2. The molecule has 0 unspecified atom stereocenters. The van der Waals surface area contributed by atoms with Crippen LogP contribution in [0.4, 0.5) is 4.79 Å². The van der Waals surface area contributed by atoms with Crippen LogP contribution in [-0.4, -0.2) is 104 Å². The van der Waals surface area contributed by atoms with Gasteiger partial charge in [-0.05, 0) is 12.8 Å².